The van der Waals surface area contributed by atoms with E-state index in [1.54, 1.807) is 0 Å². The van der Waals surface area contributed by atoms with Crippen LogP contribution in [0.5, 0.6) is 0 Å². The fraction of sp³-hybridized carbons (Fsp3) is 0.857. The summed E-state index contributed by atoms with van der Waals surface area (Å²) >= 11 is 3.37. The lowest BCUT2D eigenvalue weighted by atomic mass is 10.1. The van der Waals surface area contributed by atoms with E-state index >= 15 is 0 Å². The molecule has 0 fully saturated rings. The molecule has 1 heterocycles. The van der Waals surface area contributed by atoms with Crippen molar-refractivity contribution in [3.05, 3.63) is 0 Å². The highest BCUT2D eigenvalue weighted by atomic mass is 79.9. The van der Waals surface area contributed by atoms with Crippen LogP contribution in [0.4, 0.5) is 0 Å². The first-order chi connectivity index (χ1) is 4.83. The van der Waals surface area contributed by atoms with Crippen LogP contribution in [0.2, 0.25) is 0 Å². The second kappa shape index (κ2) is 3.96. The lowest BCUT2D eigenvalue weighted by Crippen LogP contribution is -2.09. The Balaban J connectivity index is 2.40. The van der Waals surface area contributed by atoms with E-state index in [4.69, 9.17) is 4.84 Å². The number of halogens is 1. The average molecular weight is 206 g/mol. The smallest absolute Gasteiger partial charge is 0.137 e. The number of hydrogen-bond acceptors (Lipinski definition) is 2. The van der Waals surface area contributed by atoms with Crippen LogP contribution in [-0.2, 0) is 4.84 Å². The zero-order valence-electron chi connectivity index (χ0n) is 6.14. The van der Waals surface area contributed by atoms with Crippen molar-refractivity contribution in [2.75, 3.05) is 5.33 Å². The SMILES string of the molecule is CC1=NOC(CBr)CCC1. The Morgan fingerprint density at radius 1 is 1.80 bits per heavy atom. The molecule has 0 saturated carbocycles. The van der Waals surface area contributed by atoms with Gasteiger partial charge in [0.1, 0.15) is 6.10 Å². The minimum Gasteiger partial charge on any atom is -0.392 e. The molecule has 10 heavy (non-hydrogen) atoms. The first kappa shape index (κ1) is 8.05. The molecule has 0 amide bonds. The molecular formula is C7H12BrNO. The van der Waals surface area contributed by atoms with Gasteiger partial charge in [0.15, 0.2) is 0 Å². The Morgan fingerprint density at radius 3 is 3.30 bits per heavy atom. The molecule has 0 aromatic rings. The van der Waals surface area contributed by atoms with E-state index < -0.39 is 0 Å². The second-order valence-corrected chi connectivity index (χ2v) is 3.25. The summed E-state index contributed by atoms with van der Waals surface area (Å²) in [5.74, 6) is 0. The summed E-state index contributed by atoms with van der Waals surface area (Å²) in [5, 5.41) is 4.86. The summed E-state index contributed by atoms with van der Waals surface area (Å²) in [6.45, 7) is 2.01. The molecule has 0 radical (unpaired) electrons. The van der Waals surface area contributed by atoms with E-state index in [-0.39, 0.29) is 6.10 Å². The van der Waals surface area contributed by atoms with Crippen LogP contribution in [0.15, 0.2) is 5.16 Å². The maximum atomic E-state index is 5.21. The minimum atomic E-state index is 0.289. The maximum absolute atomic E-state index is 5.21. The van der Waals surface area contributed by atoms with Gasteiger partial charge in [-0.25, -0.2) is 0 Å². The summed E-state index contributed by atoms with van der Waals surface area (Å²) in [7, 11) is 0. The highest BCUT2D eigenvalue weighted by molar-refractivity contribution is 9.09. The van der Waals surface area contributed by atoms with Gasteiger partial charge in [-0.1, -0.05) is 21.1 Å². The third-order valence-corrected chi connectivity index (χ3v) is 2.32. The van der Waals surface area contributed by atoms with Crippen molar-refractivity contribution in [3.8, 4) is 0 Å². The quantitative estimate of drug-likeness (QED) is 0.603. The van der Waals surface area contributed by atoms with Gasteiger partial charge in [0.25, 0.3) is 0 Å². The van der Waals surface area contributed by atoms with Crippen LogP contribution < -0.4 is 0 Å². The minimum absolute atomic E-state index is 0.289. The largest absolute Gasteiger partial charge is 0.392 e. The molecule has 3 heteroatoms. The molecule has 0 aromatic heterocycles. The second-order valence-electron chi connectivity index (χ2n) is 2.60. The topological polar surface area (TPSA) is 21.6 Å². The standard InChI is InChI=1S/C7H12BrNO/c1-6-3-2-4-7(5-8)10-9-6/h7H,2-5H2,1H3. The van der Waals surface area contributed by atoms with Crippen LogP contribution in [0, 0.1) is 0 Å². The van der Waals surface area contributed by atoms with E-state index in [2.05, 4.69) is 21.1 Å². The van der Waals surface area contributed by atoms with Crippen LogP contribution in [0.1, 0.15) is 26.2 Å². The van der Waals surface area contributed by atoms with Crippen LogP contribution in [0.3, 0.4) is 0 Å². The molecule has 0 saturated heterocycles. The van der Waals surface area contributed by atoms with Gasteiger partial charge >= 0.3 is 0 Å². The first-order valence-electron chi connectivity index (χ1n) is 3.58. The highest BCUT2D eigenvalue weighted by Crippen LogP contribution is 2.13. The fourth-order valence-corrected chi connectivity index (χ4v) is 1.40. The number of alkyl halides is 1. The Labute approximate surface area is 69.8 Å². The Hall–Kier alpha value is -0.0500. The van der Waals surface area contributed by atoms with E-state index in [1.807, 2.05) is 6.92 Å². The normalized spacial score (nSPS) is 26.6. The Morgan fingerprint density at radius 2 is 2.60 bits per heavy atom. The van der Waals surface area contributed by atoms with Crippen molar-refractivity contribution in [3.63, 3.8) is 0 Å². The Kier molecular flexibility index (Phi) is 3.19. The van der Waals surface area contributed by atoms with Crippen molar-refractivity contribution >= 4 is 21.6 Å². The van der Waals surface area contributed by atoms with Gasteiger partial charge in [0.05, 0.1) is 5.71 Å². The van der Waals surface area contributed by atoms with Gasteiger partial charge < -0.3 is 4.84 Å². The zero-order chi connectivity index (χ0) is 7.40. The average Bonchev–Trinajstić information content (AvgIpc) is 2.14. The summed E-state index contributed by atoms with van der Waals surface area (Å²) in [5.41, 5.74) is 1.11. The van der Waals surface area contributed by atoms with Gasteiger partial charge in [-0.2, -0.15) is 0 Å². The molecule has 0 N–H and O–H groups in total. The molecule has 1 atom stereocenters. The van der Waals surface area contributed by atoms with Crippen molar-refractivity contribution < 1.29 is 4.84 Å². The molecule has 1 unspecified atom stereocenters. The molecule has 0 aliphatic carbocycles. The molecule has 2 nitrogen and oxygen atoms in total. The van der Waals surface area contributed by atoms with Crippen molar-refractivity contribution in [2.24, 2.45) is 5.16 Å². The van der Waals surface area contributed by atoms with Crippen molar-refractivity contribution in [1.29, 1.82) is 0 Å². The van der Waals surface area contributed by atoms with Crippen LogP contribution in [0.25, 0.3) is 0 Å². The predicted octanol–water partition coefficient (Wildman–Crippen LogP) is 2.33. The van der Waals surface area contributed by atoms with E-state index in [0.717, 1.165) is 23.9 Å². The Bertz CT molecular complexity index is 136. The molecule has 1 rings (SSSR count). The number of rotatable bonds is 1. The molecule has 58 valence electrons. The van der Waals surface area contributed by atoms with Crippen molar-refractivity contribution in [1.82, 2.24) is 0 Å². The summed E-state index contributed by atoms with van der Waals surface area (Å²) < 4.78 is 0. The number of nitrogens with zero attached hydrogens (tertiary/aromatic N) is 1. The monoisotopic (exact) mass is 205 g/mol. The highest BCUT2D eigenvalue weighted by Gasteiger charge is 2.11. The van der Waals surface area contributed by atoms with E-state index in [9.17, 15) is 0 Å². The van der Waals surface area contributed by atoms with Crippen LogP contribution in [-0.4, -0.2) is 17.1 Å². The lowest BCUT2D eigenvalue weighted by molar-refractivity contribution is 0.0745. The zero-order valence-corrected chi connectivity index (χ0v) is 7.73. The molecule has 0 bridgehead atoms. The maximum Gasteiger partial charge on any atom is 0.137 e. The van der Waals surface area contributed by atoms with E-state index in [1.165, 1.54) is 6.42 Å². The van der Waals surface area contributed by atoms with Gasteiger partial charge in [-0.05, 0) is 26.2 Å². The number of hydrogen-bond donors (Lipinski definition) is 0. The van der Waals surface area contributed by atoms with E-state index in [0.29, 0.717) is 0 Å². The lowest BCUT2D eigenvalue weighted by Gasteiger charge is -2.07. The van der Waals surface area contributed by atoms with Gasteiger partial charge in [-0.15, -0.1) is 0 Å². The third-order valence-electron chi connectivity index (χ3n) is 1.59. The first-order valence-corrected chi connectivity index (χ1v) is 4.70. The van der Waals surface area contributed by atoms with Gasteiger partial charge in [0, 0.05) is 5.33 Å². The molecule has 0 spiro atoms. The summed E-state index contributed by atoms with van der Waals surface area (Å²) in [4.78, 5) is 5.21. The molecule has 1 aliphatic rings. The summed E-state index contributed by atoms with van der Waals surface area (Å²) in [6, 6.07) is 0. The summed E-state index contributed by atoms with van der Waals surface area (Å²) in [6.07, 6.45) is 3.69. The third kappa shape index (κ3) is 2.29. The predicted molar refractivity (Wildman–Crippen MR) is 45.6 cm³/mol. The number of oxime groups is 1. The van der Waals surface area contributed by atoms with Crippen molar-refractivity contribution in [2.45, 2.75) is 32.3 Å². The molecule has 1 aliphatic heterocycles. The molecular weight excluding hydrogens is 194 g/mol. The van der Waals surface area contributed by atoms with Gasteiger partial charge in [-0.3, -0.25) is 0 Å². The van der Waals surface area contributed by atoms with Crippen LogP contribution >= 0.6 is 15.9 Å². The van der Waals surface area contributed by atoms with Gasteiger partial charge in [0.2, 0.25) is 0 Å². The fourth-order valence-electron chi connectivity index (χ4n) is 0.954. The molecule has 0 aromatic carbocycles.